The van der Waals surface area contributed by atoms with Crippen LogP contribution in [-0.2, 0) is 0 Å². The van der Waals surface area contributed by atoms with Gasteiger partial charge < -0.3 is 16.8 Å². The minimum Gasteiger partial charge on any atom is -0.397 e. The van der Waals surface area contributed by atoms with E-state index >= 15 is 0 Å². The SMILES string of the molecule is NC(=O)c1cccc(N)c1Nc1ccc(Br)cc1. The van der Waals surface area contributed by atoms with Crippen molar-refractivity contribution in [3.05, 3.63) is 52.5 Å². The van der Waals surface area contributed by atoms with Gasteiger partial charge in [0.25, 0.3) is 5.91 Å². The Balaban J connectivity index is 2.39. The number of nitrogens with one attached hydrogen (secondary N) is 1. The lowest BCUT2D eigenvalue weighted by molar-refractivity contribution is 0.100. The van der Waals surface area contributed by atoms with Crippen LogP contribution >= 0.6 is 15.9 Å². The Kier molecular flexibility index (Phi) is 3.53. The van der Waals surface area contributed by atoms with Crippen molar-refractivity contribution in [3.8, 4) is 0 Å². The Morgan fingerprint density at radius 1 is 1.11 bits per heavy atom. The second-order valence-electron chi connectivity index (χ2n) is 3.77. The third-order valence-corrected chi connectivity index (χ3v) is 3.00. The van der Waals surface area contributed by atoms with Gasteiger partial charge in [-0.05, 0) is 36.4 Å². The van der Waals surface area contributed by atoms with E-state index in [0.29, 0.717) is 16.9 Å². The summed E-state index contributed by atoms with van der Waals surface area (Å²) in [6.07, 6.45) is 0. The summed E-state index contributed by atoms with van der Waals surface area (Å²) in [5, 5.41) is 3.10. The Hall–Kier alpha value is -2.01. The van der Waals surface area contributed by atoms with Crippen molar-refractivity contribution in [2.45, 2.75) is 0 Å². The molecular weight excluding hydrogens is 294 g/mol. The van der Waals surface area contributed by atoms with Crippen LogP contribution in [0.2, 0.25) is 0 Å². The first-order chi connectivity index (χ1) is 8.58. The Morgan fingerprint density at radius 2 is 1.78 bits per heavy atom. The van der Waals surface area contributed by atoms with Crippen molar-refractivity contribution in [3.63, 3.8) is 0 Å². The average Bonchev–Trinajstić information content (AvgIpc) is 2.34. The second kappa shape index (κ2) is 5.10. The topological polar surface area (TPSA) is 81.1 Å². The summed E-state index contributed by atoms with van der Waals surface area (Å²) in [6, 6.07) is 12.6. The normalized spacial score (nSPS) is 10.1. The molecule has 0 aliphatic rings. The number of anilines is 3. The number of carbonyl (C=O) groups is 1. The van der Waals surface area contributed by atoms with Gasteiger partial charge in [0.05, 0.1) is 16.9 Å². The van der Waals surface area contributed by atoms with Crippen molar-refractivity contribution >= 4 is 38.9 Å². The third-order valence-electron chi connectivity index (χ3n) is 2.48. The molecule has 5 heteroatoms. The van der Waals surface area contributed by atoms with Gasteiger partial charge in [0.15, 0.2) is 0 Å². The van der Waals surface area contributed by atoms with Crippen LogP contribution < -0.4 is 16.8 Å². The molecule has 1 amide bonds. The summed E-state index contributed by atoms with van der Waals surface area (Å²) >= 11 is 3.36. The summed E-state index contributed by atoms with van der Waals surface area (Å²) < 4.78 is 0.976. The van der Waals surface area contributed by atoms with Crippen LogP contribution in [0.25, 0.3) is 0 Å². The van der Waals surface area contributed by atoms with Gasteiger partial charge in [-0.25, -0.2) is 0 Å². The van der Waals surface area contributed by atoms with E-state index in [9.17, 15) is 4.79 Å². The molecule has 2 aromatic carbocycles. The fraction of sp³-hybridized carbons (Fsp3) is 0. The van der Waals surface area contributed by atoms with Gasteiger partial charge in [0.2, 0.25) is 0 Å². The van der Waals surface area contributed by atoms with Gasteiger partial charge in [-0.15, -0.1) is 0 Å². The Bertz CT molecular complexity index is 581. The third kappa shape index (κ3) is 2.62. The molecule has 0 atom stereocenters. The molecule has 18 heavy (non-hydrogen) atoms. The number of halogens is 1. The largest absolute Gasteiger partial charge is 0.397 e. The number of primary amides is 1. The molecular formula is C13H12BrN3O. The molecule has 5 N–H and O–H groups in total. The second-order valence-corrected chi connectivity index (χ2v) is 4.68. The Labute approximate surface area is 113 Å². The molecule has 0 saturated carbocycles. The fourth-order valence-corrected chi connectivity index (χ4v) is 1.86. The van der Waals surface area contributed by atoms with Crippen LogP contribution in [0, 0.1) is 0 Å². The smallest absolute Gasteiger partial charge is 0.250 e. The summed E-state index contributed by atoms with van der Waals surface area (Å²) in [4.78, 5) is 11.3. The van der Waals surface area contributed by atoms with Crippen molar-refractivity contribution in [1.29, 1.82) is 0 Å². The molecule has 0 radical (unpaired) electrons. The van der Waals surface area contributed by atoms with Gasteiger partial charge in [0, 0.05) is 10.2 Å². The molecule has 0 saturated heterocycles. The van der Waals surface area contributed by atoms with Crippen LogP contribution in [0.5, 0.6) is 0 Å². The highest BCUT2D eigenvalue weighted by Crippen LogP contribution is 2.27. The monoisotopic (exact) mass is 305 g/mol. The predicted molar refractivity (Wildman–Crippen MR) is 76.8 cm³/mol. The number of benzene rings is 2. The van der Waals surface area contributed by atoms with Gasteiger partial charge >= 0.3 is 0 Å². The van der Waals surface area contributed by atoms with E-state index in [1.165, 1.54) is 0 Å². The van der Waals surface area contributed by atoms with Gasteiger partial charge in [-0.3, -0.25) is 4.79 Å². The zero-order valence-electron chi connectivity index (χ0n) is 9.48. The van der Waals surface area contributed by atoms with Crippen molar-refractivity contribution in [2.75, 3.05) is 11.1 Å². The summed E-state index contributed by atoms with van der Waals surface area (Å²) in [5.41, 5.74) is 13.4. The molecule has 0 heterocycles. The van der Waals surface area contributed by atoms with E-state index in [1.54, 1.807) is 18.2 Å². The lowest BCUT2D eigenvalue weighted by atomic mass is 10.1. The lowest BCUT2D eigenvalue weighted by Crippen LogP contribution is -2.14. The number of rotatable bonds is 3. The fourth-order valence-electron chi connectivity index (χ4n) is 1.59. The number of para-hydroxylation sites is 1. The summed E-state index contributed by atoms with van der Waals surface area (Å²) in [7, 11) is 0. The molecule has 92 valence electrons. The van der Waals surface area contributed by atoms with Gasteiger partial charge in [-0.1, -0.05) is 22.0 Å². The first-order valence-electron chi connectivity index (χ1n) is 5.29. The van der Waals surface area contributed by atoms with Crippen LogP contribution in [0.3, 0.4) is 0 Å². The molecule has 4 nitrogen and oxygen atoms in total. The summed E-state index contributed by atoms with van der Waals surface area (Å²) in [6.45, 7) is 0. The molecule has 0 spiro atoms. The molecule has 0 fully saturated rings. The van der Waals surface area contributed by atoms with E-state index < -0.39 is 5.91 Å². The molecule has 0 aliphatic carbocycles. The minimum absolute atomic E-state index is 0.373. The number of hydrogen-bond acceptors (Lipinski definition) is 3. The van der Waals surface area contributed by atoms with Crippen LogP contribution in [-0.4, -0.2) is 5.91 Å². The number of carbonyl (C=O) groups excluding carboxylic acids is 1. The van der Waals surface area contributed by atoms with E-state index in [4.69, 9.17) is 11.5 Å². The van der Waals surface area contributed by atoms with Crippen molar-refractivity contribution in [2.24, 2.45) is 5.73 Å². The van der Waals surface area contributed by atoms with E-state index in [1.807, 2.05) is 24.3 Å². The van der Waals surface area contributed by atoms with Gasteiger partial charge in [-0.2, -0.15) is 0 Å². The molecule has 0 unspecified atom stereocenters. The molecule has 0 aliphatic heterocycles. The highest BCUT2D eigenvalue weighted by Gasteiger charge is 2.10. The Morgan fingerprint density at radius 3 is 2.39 bits per heavy atom. The first kappa shape index (κ1) is 12.4. The maximum absolute atomic E-state index is 11.3. The van der Waals surface area contributed by atoms with Gasteiger partial charge in [0.1, 0.15) is 0 Å². The van der Waals surface area contributed by atoms with Crippen LogP contribution in [0.1, 0.15) is 10.4 Å². The van der Waals surface area contributed by atoms with Crippen LogP contribution in [0.15, 0.2) is 46.9 Å². The minimum atomic E-state index is -0.512. The maximum atomic E-state index is 11.3. The van der Waals surface area contributed by atoms with Crippen LogP contribution in [0.4, 0.5) is 17.1 Å². The van der Waals surface area contributed by atoms with E-state index in [2.05, 4.69) is 21.2 Å². The predicted octanol–water partition coefficient (Wildman–Crippen LogP) is 2.87. The molecule has 0 bridgehead atoms. The van der Waals surface area contributed by atoms with Crippen molar-refractivity contribution in [1.82, 2.24) is 0 Å². The maximum Gasteiger partial charge on any atom is 0.250 e. The van der Waals surface area contributed by atoms with E-state index in [-0.39, 0.29) is 0 Å². The quantitative estimate of drug-likeness (QED) is 0.763. The lowest BCUT2D eigenvalue weighted by Gasteiger charge is -2.12. The zero-order valence-corrected chi connectivity index (χ0v) is 11.1. The molecule has 0 aromatic heterocycles. The zero-order chi connectivity index (χ0) is 13.1. The average molecular weight is 306 g/mol. The molecule has 2 rings (SSSR count). The first-order valence-corrected chi connectivity index (χ1v) is 6.08. The highest BCUT2D eigenvalue weighted by atomic mass is 79.9. The number of nitrogens with two attached hydrogens (primary N) is 2. The van der Waals surface area contributed by atoms with E-state index in [0.717, 1.165) is 10.2 Å². The number of nitrogen functional groups attached to an aromatic ring is 1. The summed E-state index contributed by atoms with van der Waals surface area (Å²) in [5.74, 6) is -0.512. The number of hydrogen-bond donors (Lipinski definition) is 3. The standard InChI is InChI=1S/C13H12BrN3O/c14-8-4-6-9(7-5-8)17-12-10(13(16)18)2-1-3-11(12)15/h1-7,17H,15H2,(H2,16,18). The van der Waals surface area contributed by atoms with Crippen molar-refractivity contribution < 1.29 is 4.79 Å². The number of amides is 1. The molecule has 2 aromatic rings. The highest BCUT2D eigenvalue weighted by molar-refractivity contribution is 9.10.